The molecule has 6 nitrogen and oxygen atoms in total. The van der Waals surface area contributed by atoms with Crippen LogP contribution in [0.5, 0.6) is 5.75 Å². The Labute approximate surface area is 185 Å². The van der Waals surface area contributed by atoms with Crippen molar-refractivity contribution < 1.29 is 14.1 Å². The average Bonchev–Trinajstić information content (AvgIpc) is 3.27. The topological polar surface area (TPSA) is 67.6 Å². The molecule has 0 aliphatic heterocycles. The lowest BCUT2D eigenvalue weighted by atomic mass is 10.0. The van der Waals surface area contributed by atoms with Crippen LogP contribution in [-0.4, -0.2) is 42.7 Å². The number of methoxy groups -OCH3 is 1. The monoisotopic (exact) mass is 471 g/mol. The third-order valence-electron chi connectivity index (χ3n) is 5.08. The Balaban J connectivity index is 1.71. The van der Waals surface area contributed by atoms with Gasteiger partial charge in [0, 0.05) is 22.6 Å². The first kappa shape index (κ1) is 22.1. The van der Waals surface area contributed by atoms with Crippen molar-refractivity contribution in [3.63, 3.8) is 0 Å². The Bertz CT molecular complexity index is 951. The van der Waals surface area contributed by atoms with Gasteiger partial charge in [0.2, 0.25) is 0 Å². The van der Waals surface area contributed by atoms with Crippen LogP contribution in [0, 0.1) is 0 Å². The van der Waals surface area contributed by atoms with Crippen molar-refractivity contribution in [3.05, 3.63) is 70.3 Å². The van der Waals surface area contributed by atoms with Gasteiger partial charge in [0.25, 0.3) is 5.91 Å². The third kappa shape index (κ3) is 5.29. The second-order valence-electron chi connectivity index (χ2n) is 6.80. The van der Waals surface area contributed by atoms with E-state index in [1.807, 2.05) is 48.5 Å². The summed E-state index contributed by atoms with van der Waals surface area (Å²) in [6.07, 6.45) is 0. The van der Waals surface area contributed by atoms with Gasteiger partial charge in [0.05, 0.1) is 13.2 Å². The number of carbonyl (C=O) groups excluding carboxylic acids is 1. The van der Waals surface area contributed by atoms with E-state index in [4.69, 9.17) is 9.26 Å². The quantitative estimate of drug-likeness (QED) is 0.479. The number of benzene rings is 2. The molecule has 0 saturated carbocycles. The lowest BCUT2D eigenvalue weighted by Gasteiger charge is -2.30. The van der Waals surface area contributed by atoms with Crippen molar-refractivity contribution in [1.82, 2.24) is 15.4 Å². The zero-order chi connectivity index (χ0) is 21.5. The first-order valence-corrected chi connectivity index (χ1v) is 10.7. The van der Waals surface area contributed by atoms with Gasteiger partial charge < -0.3 is 14.6 Å². The molecule has 3 rings (SSSR count). The van der Waals surface area contributed by atoms with Gasteiger partial charge in [-0.15, -0.1) is 0 Å². The fraction of sp³-hybridized carbons (Fsp3) is 0.304. The molecule has 30 heavy (non-hydrogen) atoms. The van der Waals surface area contributed by atoms with Gasteiger partial charge >= 0.3 is 0 Å². The lowest BCUT2D eigenvalue weighted by molar-refractivity contribution is 0.0926. The summed E-state index contributed by atoms with van der Waals surface area (Å²) in [5.74, 6) is 1.11. The lowest BCUT2D eigenvalue weighted by Crippen LogP contribution is -2.38. The fourth-order valence-corrected chi connectivity index (χ4v) is 3.62. The van der Waals surface area contributed by atoms with Crippen LogP contribution in [0.15, 0.2) is 63.6 Å². The Morgan fingerprint density at radius 2 is 1.80 bits per heavy atom. The van der Waals surface area contributed by atoms with E-state index in [2.05, 4.69) is 45.2 Å². The molecule has 0 aliphatic carbocycles. The van der Waals surface area contributed by atoms with E-state index in [0.29, 0.717) is 12.3 Å². The summed E-state index contributed by atoms with van der Waals surface area (Å²) in [6, 6.07) is 17.3. The Morgan fingerprint density at radius 1 is 1.13 bits per heavy atom. The van der Waals surface area contributed by atoms with Gasteiger partial charge in [-0.2, -0.15) is 0 Å². The van der Waals surface area contributed by atoms with Gasteiger partial charge in [-0.05, 0) is 42.9 Å². The molecule has 158 valence electrons. The van der Waals surface area contributed by atoms with Crippen molar-refractivity contribution in [1.29, 1.82) is 0 Å². The molecule has 0 radical (unpaired) electrons. The molecule has 0 fully saturated rings. The molecule has 1 atom stereocenters. The number of rotatable bonds is 9. The average molecular weight is 472 g/mol. The summed E-state index contributed by atoms with van der Waals surface area (Å²) >= 11 is 3.41. The fourth-order valence-electron chi connectivity index (χ4n) is 3.36. The first-order chi connectivity index (χ1) is 14.5. The Kier molecular flexibility index (Phi) is 7.65. The summed E-state index contributed by atoms with van der Waals surface area (Å²) in [5, 5.41) is 6.95. The molecule has 0 aliphatic rings. The van der Waals surface area contributed by atoms with Crippen molar-refractivity contribution in [2.45, 2.75) is 19.9 Å². The highest BCUT2D eigenvalue weighted by Gasteiger charge is 2.21. The SMILES string of the molecule is CCN(CC)C(CNC(=O)c1cc(-c2ccc(Br)cc2)on1)c1ccc(OC)cc1. The van der Waals surface area contributed by atoms with Crippen molar-refractivity contribution >= 4 is 21.8 Å². The van der Waals surface area contributed by atoms with E-state index < -0.39 is 0 Å². The minimum Gasteiger partial charge on any atom is -0.497 e. The summed E-state index contributed by atoms with van der Waals surface area (Å²) in [7, 11) is 1.65. The molecule has 1 aromatic heterocycles. The number of hydrogen-bond acceptors (Lipinski definition) is 5. The minimum absolute atomic E-state index is 0.0488. The first-order valence-electron chi connectivity index (χ1n) is 9.94. The smallest absolute Gasteiger partial charge is 0.273 e. The maximum absolute atomic E-state index is 12.7. The van der Waals surface area contributed by atoms with Gasteiger partial charge in [-0.25, -0.2) is 0 Å². The molecule has 3 aromatic rings. The van der Waals surface area contributed by atoms with Crippen LogP contribution in [0.3, 0.4) is 0 Å². The molecule has 7 heteroatoms. The molecule has 2 aromatic carbocycles. The molecule has 1 amide bonds. The number of hydrogen-bond donors (Lipinski definition) is 1. The Morgan fingerprint density at radius 3 is 2.40 bits per heavy atom. The number of aromatic nitrogens is 1. The standard InChI is InChI=1S/C23H26BrN3O3/c1-4-27(5-2)21(16-8-12-19(29-3)13-9-16)15-25-23(28)20-14-22(30-26-20)17-6-10-18(24)11-7-17/h6-14,21H,4-5,15H2,1-3H3,(H,25,28). The summed E-state index contributed by atoms with van der Waals surface area (Å²) in [5.41, 5.74) is 2.25. The number of likely N-dealkylation sites (N-methyl/N-ethyl adjacent to an activating group) is 1. The summed E-state index contributed by atoms with van der Waals surface area (Å²) in [6.45, 7) is 6.45. The van der Waals surface area contributed by atoms with Crippen molar-refractivity contribution in [2.24, 2.45) is 0 Å². The van der Waals surface area contributed by atoms with E-state index in [-0.39, 0.29) is 17.6 Å². The van der Waals surface area contributed by atoms with Crippen LogP contribution in [0.1, 0.15) is 35.9 Å². The zero-order valence-corrected chi connectivity index (χ0v) is 19.0. The van der Waals surface area contributed by atoms with Crippen LogP contribution in [0.4, 0.5) is 0 Å². The third-order valence-corrected chi connectivity index (χ3v) is 5.61. The van der Waals surface area contributed by atoms with E-state index in [1.165, 1.54) is 0 Å². The maximum Gasteiger partial charge on any atom is 0.273 e. The van der Waals surface area contributed by atoms with Crippen LogP contribution in [0.25, 0.3) is 11.3 Å². The van der Waals surface area contributed by atoms with Gasteiger partial charge in [0.15, 0.2) is 11.5 Å². The Hall–Kier alpha value is -2.64. The predicted molar refractivity (Wildman–Crippen MR) is 121 cm³/mol. The molecule has 0 saturated heterocycles. The van der Waals surface area contributed by atoms with E-state index in [0.717, 1.165) is 34.4 Å². The molecule has 0 bridgehead atoms. The maximum atomic E-state index is 12.7. The van der Waals surface area contributed by atoms with E-state index in [9.17, 15) is 4.79 Å². The van der Waals surface area contributed by atoms with Gasteiger partial charge in [-0.3, -0.25) is 9.69 Å². The molecule has 1 unspecified atom stereocenters. The van der Waals surface area contributed by atoms with Crippen LogP contribution >= 0.6 is 15.9 Å². The number of nitrogens with one attached hydrogen (secondary N) is 1. The molecule has 0 spiro atoms. The minimum atomic E-state index is -0.257. The van der Waals surface area contributed by atoms with Crippen LogP contribution in [-0.2, 0) is 0 Å². The van der Waals surface area contributed by atoms with Gasteiger partial charge in [0.1, 0.15) is 5.75 Å². The van der Waals surface area contributed by atoms with Crippen LogP contribution in [0.2, 0.25) is 0 Å². The second-order valence-corrected chi connectivity index (χ2v) is 7.72. The molecular weight excluding hydrogens is 446 g/mol. The second kappa shape index (κ2) is 10.4. The van der Waals surface area contributed by atoms with E-state index in [1.54, 1.807) is 13.2 Å². The highest BCUT2D eigenvalue weighted by Crippen LogP contribution is 2.24. The molecular formula is C23H26BrN3O3. The van der Waals surface area contributed by atoms with Crippen LogP contribution < -0.4 is 10.1 Å². The summed E-state index contributed by atoms with van der Waals surface area (Å²) < 4.78 is 11.6. The highest BCUT2D eigenvalue weighted by atomic mass is 79.9. The summed E-state index contributed by atoms with van der Waals surface area (Å²) in [4.78, 5) is 15.0. The number of amides is 1. The normalized spacial score (nSPS) is 12.0. The molecule has 1 N–H and O–H groups in total. The number of ether oxygens (including phenoxy) is 1. The molecule has 1 heterocycles. The van der Waals surface area contributed by atoms with E-state index >= 15 is 0 Å². The number of carbonyl (C=O) groups is 1. The van der Waals surface area contributed by atoms with Gasteiger partial charge in [-0.1, -0.05) is 59.2 Å². The zero-order valence-electron chi connectivity index (χ0n) is 17.4. The highest BCUT2D eigenvalue weighted by molar-refractivity contribution is 9.10. The number of halogens is 1. The van der Waals surface area contributed by atoms with Crippen molar-refractivity contribution in [3.8, 4) is 17.1 Å². The number of nitrogens with zero attached hydrogens (tertiary/aromatic N) is 2. The largest absolute Gasteiger partial charge is 0.497 e. The predicted octanol–water partition coefficient (Wildman–Crippen LogP) is 4.93. The van der Waals surface area contributed by atoms with Crippen molar-refractivity contribution in [2.75, 3.05) is 26.7 Å².